The van der Waals surface area contributed by atoms with Crippen LogP contribution in [0.2, 0.25) is 0 Å². The minimum absolute atomic E-state index is 0.0611. The van der Waals surface area contributed by atoms with Crippen molar-refractivity contribution in [2.45, 2.75) is 13.3 Å². The zero-order valence-electron chi connectivity index (χ0n) is 12.1. The number of aromatic nitrogens is 2. The van der Waals surface area contributed by atoms with Gasteiger partial charge in [0.1, 0.15) is 11.4 Å². The maximum atomic E-state index is 11.7. The Morgan fingerprint density at radius 1 is 1.33 bits per heavy atom. The number of carbonyl (C=O) groups excluding carboxylic acids is 1. The predicted molar refractivity (Wildman–Crippen MR) is 81.1 cm³/mol. The van der Waals surface area contributed by atoms with Crippen LogP contribution in [0, 0.1) is 0 Å². The van der Waals surface area contributed by atoms with Gasteiger partial charge in [-0.25, -0.2) is 9.97 Å². The van der Waals surface area contributed by atoms with Gasteiger partial charge in [-0.05, 0) is 24.6 Å². The molecule has 21 heavy (non-hydrogen) atoms. The molecule has 1 heterocycles. The van der Waals surface area contributed by atoms with E-state index in [4.69, 9.17) is 10.5 Å². The Bertz CT molecular complexity index is 643. The molecule has 6 heteroatoms. The van der Waals surface area contributed by atoms with E-state index in [-0.39, 0.29) is 17.5 Å². The van der Waals surface area contributed by atoms with Gasteiger partial charge in [0.2, 0.25) is 5.95 Å². The van der Waals surface area contributed by atoms with Gasteiger partial charge in [0.25, 0.3) is 5.91 Å². The highest BCUT2D eigenvalue weighted by Crippen LogP contribution is 2.23. The number of nitrogens with two attached hydrogens (primary N) is 1. The third-order valence-electron chi connectivity index (χ3n) is 2.81. The quantitative estimate of drug-likeness (QED) is 0.875. The molecule has 6 nitrogen and oxygen atoms in total. The summed E-state index contributed by atoms with van der Waals surface area (Å²) in [6.07, 6.45) is 0.936. The first-order valence-electron chi connectivity index (χ1n) is 6.74. The zero-order chi connectivity index (χ0) is 15.2. The van der Waals surface area contributed by atoms with Crippen molar-refractivity contribution in [1.29, 1.82) is 0 Å². The third-order valence-corrected chi connectivity index (χ3v) is 2.81. The number of ether oxygens (including phenoxy) is 1. The topological polar surface area (TPSA) is 90.1 Å². The van der Waals surface area contributed by atoms with Gasteiger partial charge < -0.3 is 15.8 Å². The number of nitrogen functional groups attached to an aromatic ring is 1. The molecule has 1 aromatic carbocycles. The lowest BCUT2D eigenvalue weighted by atomic mass is 10.1. The van der Waals surface area contributed by atoms with E-state index in [0.717, 1.165) is 17.7 Å². The van der Waals surface area contributed by atoms with Crippen molar-refractivity contribution >= 4 is 11.9 Å². The Kier molecular flexibility index (Phi) is 4.71. The maximum absolute atomic E-state index is 11.7. The van der Waals surface area contributed by atoms with E-state index in [0.29, 0.717) is 12.3 Å². The Morgan fingerprint density at radius 3 is 2.86 bits per heavy atom. The van der Waals surface area contributed by atoms with Crippen molar-refractivity contribution in [1.82, 2.24) is 15.3 Å². The molecule has 0 saturated carbocycles. The Morgan fingerprint density at radius 2 is 2.14 bits per heavy atom. The summed E-state index contributed by atoms with van der Waals surface area (Å²) in [4.78, 5) is 19.8. The normalized spacial score (nSPS) is 10.2. The van der Waals surface area contributed by atoms with Gasteiger partial charge in [-0.1, -0.05) is 19.1 Å². The molecule has 0 unspecified atom stereocenters. The number of nitrogens with zero attached hydrogens (tertiary/aromatic N) is 2. The highest BCUT2D eigenvalue weighted by Gasteiger charge is 2.11. The van der Waals surface area contributed by atoms with E-state index in [1.165, 1.54) is 0 Å². The van der Waals surface area contributed by atoms with Crippen molar-refractivity contribution < 1.29 is 9.53 Å². The number of amides is 1. The Hall–Kier alpha value is -2.63. The summed E-state index contributed by atoms with van der Waals surface area (Å²) in [5.74, 6) is 0.516. The van der Waals surface area contributed by atoms with Crippen molar-refractivity contribution in [3.63, 3.8) is 0 Å². The fourth-order valence-electron chi connectivity index (χ4n) is 1.82. The SMILES string of the molecule is CCCOc1cccc(-c2cc(C(=O)NC)nc(N)n2)c1. The van der Waals surface area contributed by atoms with Gasteiger partial charge in [0.15, 0.2) is 0 Å². The number of anilines is 1. The van der Waals surface area contributed by atoms with Crippen LogP contribution in [-0.4, -0.2) is 29.5 Å². The zero-order valence-corrected chi connectivity index (χ0v) is 12.1. The molecule has 2 rings (SSSR count). The fraction of sp³-hybridized carbons (Fsp3) is 0.267. The molecule has 0 fully saturated rings. The molecule has 3 N–H and O–H groups in total. The lowest BCUT2D eigenvalue weighted by Crippen LogP contribution is -2.20. The molecule has 1 aromatic heterocycles. The molecule has 0 bridgehead atoms. The lowest BCUT2D eigenvalue weighted by molar-refractivity contribution is 0.0958. The molecule has 0 radical (unpaired) electrons. The molecule has 1 amide bonds. The summed E-state index contributed by atoms with van der Waals surface area (Å²) >= 11 is 0. The molecule has 110 valence electrons. The van der Waals surface area contributed by atoms with Crippen molar-refractivity contribution in [2.24, 2.45) is 0 Å². The minimum Gasteiger partial charge on any atom is -0.494 e. The summed E-state index contributed by atoms with van der Waals surface area (Å²) in [5.41, 5.74) is 7.32. The van der Waals surface area contributed by atoms with E-state index in [1.54, 1.807) is 13.1 Å². The van der Waals surface area contributed by atoms with Crippen LogP contribution in [-0.2, 0) is 0 Å². The van der Waals surface area contributed by atoms with Crippen LogP contribution in [0.25, 0.3) is 11.3 Å². The second-order valence-electron chi connectivity index (χ2n) is 4.45. The molecular formula is C15H18N4O2. The van der Waals surface area contributed by atoms with Crippen LogP contribution in [0.15, 0.2) is 30.3 Å². The van der Waals surface area contributed by atoms with Crippen LogP contribution in [0.3, 0.4) is 0 Å². The predicted octanol–water partition coefficient (Wildman–Crippen LogP) is 1.87. The molecule has 0 atom stereocenters. The fourth-order valence-corrected chi connectivity index (χ4v) is 1.82. The second-order valence-corrected chi connectivity index (χ2v) is 4.45. The van der Waals surface area contributed by atoms with Crippen LogP contribution >= 0.6 is 0 Å². The number of nitrogens with one attached hydrogen (secondary N) is 1. The van der Waals surface area contributed by atoms with Gasteiger partial charge >= 0.3 is 0 Å². The minimum atomic E-state index is -0.302. The monoisotopic (exact) mass is 286 g/mol. The molecule has 0 spiro atoms. The third kappa shape index (κ3) is 3.68. The van der Waals surface area contributed by atoms with Crippen LogP contribution in [0.5, 0.6) is 5.75 Å². The molecule has 0 saturated heterocycles. The largest absolute Gasteiger partial charge is 0.494 e. The molecular weight excluding hydrogens is 268 g/mol. The van der Waals surface area contributed by atoms with Crippen LogP contribution < -0.4 is 15.8 Å². The van der Waals surface area contributed by atoms with Crippen molar-refractivity contribution in [3.05, 3.63) is 36.0 Å². The van der Waals surface area contributed by atoms with Crippen LogP contribution in [0.1, 0.15) is 23.8 Å². The summed E-state index contributed by atoms with van der Waals surface area (Å²) in [5, 5.41) is 2.52. The van der Waals surface area contributed by atoms with E-state index >= 15 is 0 Å². The molecule has 0 aliphatic carbocycles. The first kappa shape index (κ1) is 14.8. The summed E-state index contributed by atoms with van der Waals surface area (Å²) in [6.45, 7) is 2.70. The first-order valence-corrected chi connectivity index (χ1v) is 6.74. The van der Waals surface area contributed by atoms with Gasteiger partial charge in [-0.2, -0.15) is 0 Å². The standard InChI is InChI=1S/C15H18N4O2/c1-3-7-21-11-6-4-5-10(8-11)12-9-13(14(20)17-2)19-15(16)18-12/h4-6,8-9H,3,7H2,1-2H3,(H,17,20)(H2,16,18,19). The average Bonchev–Trinajstić information content (AvgIpc) is 2.51. The Labute approximate surface area is 123 Å². The van der Waals surface area contributed by atoms with Crippen molar-refractivity contribution in [3.8, 4) is 17.0 Å². The molecule has 0 aliphatic heterocycles. The van der Waals surface area contributed by atoms with Gasteiger partial charge in [0, 0.05) is 12.6 Å². The number of hydrogen-bond acceptors (Lipinski definition) is 5. The number of carbonyl (C=O) groups is 1. The first-order chi connectivity index (χ1) is 10.1. The second kappa shape index (κ2) is 6.69. The van der Waals surface area contributed by atoms with E-state index in [1.807, 2.05) is 31.2 Å². The molecule has 0 aliphatic rings. The van der Waals surface area contributed by atoms with E-state index < -0.39 is 0 Å². The summed E-state index contributed by atoms with van der Waals surface area (Å²) in [7, 11) is 1.54. The highest BCUT2D eigenvalue weighted by atomic mass is 16.5. The average molecular weight is 286 g/mol. The summed E-state index contributed by atoms with van der Waals surface area (Å²) < 4.78 is 5.59. The Balaban J connectivity index is 2.37. The van der Waals surface area contributed by atoms with Gasteiger partial charge in [-0.15, -0.1) is 0 Å². The van der Waals surface area contributed by atoms with Gasteiger partial charge in [-0.3, -0.25) is 4.79 Å². The van der Waals surface area contributed by atoms with Crippen LogP contribution in [0.4, 0.5) is 5.95 Å². The van der Waals surface area contributed by atoms with Gasteiger partial charge in [0.05, 0.1) is 12.3 Å². The maximum Gasteiger partial charge on any atom is 0.269 e. The number of benzene rings is 1. The number of rotatable bonds is 5. The number of hydrogen-bond donors (Lipinski definition) is 2. The van der Waals surface area contributed by atoms with Crippen molar-refractivity contribution in [2.75, 3.05) is 19.4 Å². The van der Waals surface area contributed by atoms with E-state index in [2.05, 4.69) is 15.3 Å². The summed E-state index contributed by atoms with van der Waals surface area (Å²) in [6, 6.07) is 9.11. The highest BCUT2D eigenvalue weighted by molar-refractivity contribution is 5.93. The van der Waals surface area contributed by atoms with E-state index in [9.17, 15) is 4.79 Å². The molecule has 2 aromatic rings. The smallest absolute Gasteiger partial charge is 0.269 e. The lowest BCUT2D eigenvalue weighted by Gasteiger charge is -2.08.